The van der Waals surface area contributed by atoms with Crippen LogP contribution in [0.4, 0.5) is 4.39 Å². The molecule has 10 nitrogen and oxygen atoms in total. The SMILES string of the molecule is CCNC(=O)[C@H](Cc1ccc(F)cc1)NC(=O)[C@@H]1CCCN1C(=O)[C@@H](NC(=O)[C@H](C)NCCCCCCN)C1CCCCC1. The second-order valence-corrected chi connectivity index (χ2v) is 12.2. The van der Waals surface area contributed by atoms with E-state index in [2.05, 4.69) is 21.3 Å². The van der Waals surface area contributed by atoms with Gasteiger partial charge in [-0.05, 0) is 89.1 Å². The Morgan fingerprint density at radius 3 is 2.32 bits per heavy atom. The van der Waals surface area contributed by atoms with Crippen molar-refractivity contribution < 1.29 is 23.6 Å². The smallest absolute Gasteiger partial charge is 0.246 e. The first-order valence-corrected chi connectivity index (χ1v) is 16.6. The standard InChI is InChI=1S/C33H53FN6O4/c1-3-36-31(42)27(22-24-15-17-26(34)18-16-24)38-32(43)28-14-11-21-40(28)33(44)29(25-12-7-6-8-13-25)39-30(41)23(2)37-20-10-5-4-9-19-35/h15-18,23,25,27-29,37H,3-14,19-22,35H2,1-2H3,(H,36,42)(H,38,43)(H,39,41)/t23-,27-,28-,29-/m0/s1. The maximum Gasteiger partial charge on any atom is 0.246 e. The van der Waals surface area contributed by atoms with Gasteiger partial charge >= 0.3 is 0 Å². The fourth-order valence-electron chi connectivity index (χ4n) is 6.27. The molecule has 1 heterocycles. The molecule has 1 aliphatic carbocycles. The van der Waals surface area contributed by atoms with Crippen LogP contribution in [0.3, 0.4) is 0 Å². The van der Waals surface area contributed by atoms with E-state index in [1.807, 2.05) is 6.92 Å². The summed E-state index contributed by atoms with van der Waals surface area (Å²) in [5.74, 6) is -1.55. The summed E-state index contributed by atoms with van der Waals surface area (Å²) in [6.07, 6.45) is 10.2. The number of carbonyl (C=O) groups is 4. The van der Waals surface area contributed by atoms with Crippen LogP contribution in [-0.4, -0.2) is 78.9 Å². The van der Waals surface area contributed by atoms with E-state index in [4.69, 9.17) is 5.73 Å². The molecular weight excluding hydrogens is 563 g/mol. The van der Waals surface area contributed by atoms with Crippen LogP contribution in [0.5, 0.6) is 0 Å². The number of likely N-dealkylation sites (N-methyl/N-ethyl adjacent to an activating group) is 1. The normalized spacial score (nSPS) is 19.2. The van der Waals surface area contributed by atoms with Gasteiger partial charge in [0.25, 0.3) is 0 Å². The van der Waals surface area contributed by atoms with Crippen molar-refractivity contribution in [2.24, 2.45) is 11.7 Å². The van der Waals surface area contributed by atoms with Crippen molar-refractivity contribution >= 4 is 23.6 Å². The molecule has 3 rings (SSSR count). The van der Waals surface area contributed by atoms with Gasteiger partial charge in [0.2, 0.25) is 23.6 Å². The van der Waals surface area contributed by atoms with Gasteiger partial charge in [-0.3, -0.25) is 19.2 Å². The summed E-state index contributed by atoms with van der Waals surface area (Å²) in [6, 6.07) is 3.06. The minimum Gasteiger partial charge on any atom is -0.355 e. The summed E-state index contributed by atoms with van der Waals surface area (Å²) in [5, 5.41) is 12.0. The van der Waals surface area contributed by atoms with E-state index in [0.717, 1.165) is 57.8 Å². The Morgan fingerprint density at radius 2 is 1.64 bits per heavy atom. The van der Waals surface area contributed by atoms with Crippen LogP contribution in [0.15, 0.2) is 24.3 Å². The summed E-state index contributed by atoms with van der Waals surface area (Å²) >= 11 is 0. The molecule has 4 amide bonds. The molecule has 2 fully saturated rings. The van der Waals surface area contributed by atoms with Crippen LogP contribution in [0.2, 0.25) is 0 Å². The third-order valence-electron chi connectivity index (χ3n) is 8.84. The fraction of sp³-hybridized carbons (Fsp3) is 0.697. The second-order valence-electron chi connectivity index (χ2n) is 12.2. The second kappa shape index (κ2) is 18.7. The number of nitrogens with zero attached hydrogens (tertiary/aromatic N) is 1. The molecule has 2 aliphatic rings. The highest BCUT2D eigenvalue weighted by Gasteiger charge is 2.41. The van der Waals surface area contributed by atoms with Gasteiger partial charge in [-0.25, -0.2) is 4.39 Å². The minimum atomic E-state index is -0.874. The predicted molar refractivity (Wildman–Crippen MR) is 169 cm³/mol. The number of hydrogen-bond donors (Lipinski definition) is 5. The number of rotatable bonds is 17. The summed E-state index contributed by atoms with van der Waals surface area (Å²) < 4.78 is 13.4. The Balaban J connectivity index is 1.68. The highest BCUT2D eigenvalue weighted by Crippen LogP contribution is 2.29. The zero-order valence-corrected chi connectivity index (χ0v) is 26.5. The molecule has 0 bridgehead atoms. The van der Waals surface area contributed by atoms with E-state index in [9.17, 15) is 23.6 Å². The minimum absolute atomic E-state index is 0.00882. The number of likely N-dealkylation sites (tertiary alicyclic amines) is 1. The van der Waals surface area contributed by atoms with Gasteiger partial charge in [0, 0.05) is 19.5 Å². The number of nitrogens with two attached hydrogens (primary N) is 1. The lowest BCUT2D eigenvalue weighted by molar-refractivity contribution is -0.143. The molecule has 0 radical (unpaired) electrons. The third-order valence-corrected chi connectivity index (χ3v) is 8.84. The number of hydrogen-bond acceptors (Lipinski definition) is 6. The summed E-state index contributed by atoms with van der Waals surface area (Å²) in [5.41, 5.74) is 6.27. The van der Waals surface area contributed by atoms with Crippen molar-refractivity contribution in [3.8, 4) is 0 Å². The largest absolute Gasteiger partial charge is 0.355 e. The zero-order chi connectivity index (χ0) is 31.9. The molecule has 4 atom stereocenters. The van der Waals surface area contributed by atoms with Gasteiger partial charge in [0.1, 0.15) is 23.9 Å². The molecule has 1 aromatic carbocycles. The quantitative estimate of drug-likeness (QED) is 0.170. The molecule has 1 aromatic rings. The average Bonchev–Trinajstić information content (AvgIpc) is 3.52. The molecule has 0 unspecified atom stereocenters. The maximum absolute atomic E-state index is 14.1. The van der Waals surface area contributed by atoms with E-state index in [1.54, 1.807) is 24.0 Å². The molecular formula is C33H53FN6O4. The summed E-state index contributed by atoms with van der Waals surface area (Å²) in [4.78, 5) is 55.5. The highest BCUT2D eigenvalue weighted by atomic mass is 19.1. The number of carbonyl (C=O) groups excluding carboxylic acids is 4. The van der Waals surface area contributed by atoms with Crippen LogP contribution in [0.1, 0.15) is 90.0 Å². The Kier molecular flexibility index (Phi) is 15.0. The van der Waals surface area contributed by atoms with E-state index in [-0.39, 0.29) is 35.9 Å². The lowest BCUT2D eigenvalue weighted by atomic mass is 9.83. The third kappa shape index (κ3) is 10.8. The molecule has 1 saturated carbocycles. The molecule has 1 aliphatic heterocycles. The van der Waals surface area contributed by atoms with E-state index in [1.165, 1.54) is 12.1 Å². The lowest BCUT2D eigenvalue weighted by Crippen LogP contribution is -2.59. The predicted octanol–water partition coefficient (Wildman–Crippen LogP) is 2.54. The fourth-order valence-corrected chi connectivity index (χ4v) is 6.27. The van der Waals surface area contributed by atoms with Crippen LogP contribution in [0.25, 0.3) is 0 Å². The van der Waals surface area contributed by atoms with Crippen molar-refractivity contribution in [1.29, 1.82) is 0 Å². The van der Waals surface area contributed by atoms with Gasteiger partial charge in [0.05, 0.1) is 6.04 Å². The van der Waals surface area contributed by atoms with Gasteiger partial charge < -0.3 is 31.9 Å². The molecule has 0 aromatic heterocycles. The Labute approximate surface area is 261 Å². The Morgan fingerprint density at radius 1 is 0.932 bits per heavy atom. The van der Waals surface area contributed by atoms with E-state index in [0.29, 0.717) is 44.6 Å². The molecule has 11 heteroatoms. The number of amides is 4. The molecule has 44 heavy (non-hydrogen) atoms. The molecule has 6 N–H and O–H groups in total. The van der Waals surface area contributed by atoms with Crippen LogP contribution in [0, 0.1) is 11.7 Å². The first kappa shape index (κ1) is 35.4. The van der Waals surface area contributed by atoms with Gasteiger partial charge in [0.15, 0.2) is 0 Å². The molecule has 0 spiro atoms. The number of halogens is 1. The van der Waals surface area contributed by atoms with E-state index < -0.39 is 30.1 Å². The first-order valence-electron chi connectivity index (χ1n) is 16.6. The summed E-state index contributed by atoms with van der Waals surface area (Å²) in [7, 11) is 0. The van der Waals surface area contributed by atoms with Gasteiger partial charge in [-0.1, -0.05) is 44.2 Å². The van der Waals surface area contributed by atoms with Crippen LogP contribution in [-0.2, 0) is 25.6 Å². The van der Waals surface area contributed by atoms with Crippen molar-refractivity contribution in [2.75, 3.05) is 26.2 Å². The van der Waals surface area contributed by atoms with E-state index >= 15 is 0 Å². The monoisotopic (exact) mass is 616 g/mol. The van der Waals surface area contributed by atoms with Crippen molar-refractivity contribution in [3.05, 3.63) is 35.6 Å². The van der Waals surface area contributed by atoms with Gasteiger partial charge in [-0.2, -0.15) is 0 Å². The van der Waals surface area contributed by atoms with Crippen LogP contribution >= 0.6 is 0 Å². The molecule has 246 valence electrons. The Bertz CT molecular complexity index is 1060. The summed E-state index contributed by atoms with van der Waals surface area (Å²) in [6.45, 7) is 5.81. The number of unbranched alkanes of at least 4 members (excludes halogenated alkanes) is 3. The number of benzene rings is 1. The first-order chi connectivity index (χ1) is 21.2. The Hall–Kier alpha value is -3.05. The zero-order valence-electron chi connectivity index (χ0n) is 26.5. The average molecular weight is 617 g/mol. The van der Waals surface area contributed by atoms with Gasteiger partial charge in [-0.15, -0.1) is 0 Å². The number of nitrogens with one attached hydrogen (secondary N) is 4. The lowest BCUT2D eigenvalue weighted by Gasteiger charge is -2.35. The maximum atomic E-state index is 14.1. The highest BCUT2D eigenvalue weighted by molar-refractivity contribution is 5.95. The molecule has 1 saturated heterocycles. The van der Waals surface area contributed by atoms with Crippen molar-refractivity contribution in [3.63, 3.8) is 0 Å². The van der Waals surface area contributed by atoms with Crippen LogP contribution < -0.4 is 27.0 Å². The topological polar surface area (TPSA) is 146 Å². The van der Waals surface area contributed by atoms with Crippen molar-refractivity contribution in [2.45, 2.75) is 115 Å². The van der Waals surface area contributed by atoms with Crippen molar-refractivity contribution in [1.82, 2.24) is 26.2 Å².